The van der Waals surface area contributed by atoms with Crippen LogP contribution in [0.2, 0.25) is 0 Å². The van der Waals surface area contributed by atoms with E-state index in [1.807, 2.05) is 0 Å². The van der Waals surface area contributed by atoms with Gasteiger partial charge in [0.25, 0.3) is 5.91 Å². The maximum Gasteiger partial charge on any atom is 0.326 e. The second-order valence-electron chi connectivity index (χ2n) is 3.54. The first-order chi connectivity index (χ1) is 8.15. The molecule has 1 aromatic rings. The Labute approximate surface area is 100.0 Å². The number of carbonyl (C=O) groups excluding carboxylic acids is 1. The van der Waals surface area contributed by atoms with E-state index in [9.17, 15) is 9.59 Å². The van der Waals surface area contributed by atoms with Gasteiger partial charge in [0, 0.05) is 5.56 Å². The molecule has 0 fully saturated rings. The van der Waals surface area contributed by atoms with Crippen LogP contribution in [0.5, 0.6) is 0 Å². The molecule has 0 aliphatic carbocycles. The van der Waals surface area contributed by atoms with Gasteiger partial charge in [-0.15, -0.1) is 0 Å². The van der Waals surface area contributed by atoms with E-state index in [2.05, 4.69) is 5.32 Å². The van der Waals surface area contributed by atoms with Crippen LogP contribution in [0.25, 0.3) is 0 Å². The van der Waals surface area contributed by atoms with Crippen LogP contribution in [-0.2, 0) is 4.79 Å². The van der Waals surface area contributed by atoms with Crippen molar-refractivity contribution in [1.82, 2.24) is 5.32 Å². The molecule has 2 N–H and O–H groups in total. The highest BCUT2D eigenvalue weighted by atomic mass is 16.4. The summed E-state index contributed by atoms with van der Waals surface area (Å²) < 4.78 is 0. The van der Waals surface area contributed by atoms with Crippen molar-refractivity contribution in [2.45, 2.75) is 19.4 Å². The minimum absolute atomic E-state index is 0.282. The van der Waals surface area contributed by atoms with E-state index < -0.39 is 12.0 Å². The summed E-state index contributed by atoms with van der Waals surface area (Å²) in [5.41, 5.74) is 0.458. The Bertz CT molecular complexity index is 412. The molecule has 0 saturated heterocycles. The van der Waals surface area contributed by atoms with E-state index in [-0.39, 0.29) is 12.3 Å². The molecule has 0 aliphatic rings. The van der Waals surface area contributed by atoms with E-state index in [0.29, 0.717) is 5.56 Å². The number of amides is 1. The third-order valence-electron chi connectivity index (χ3n) is 2.25. The quantitative estimate of drug-likeness (QED) is 0.762. The van der Waals surface area contributed by atoms with Gasteiger partial charge in [-0.1, -0.05) is 30.4 Å². The summed E-state index contributed by atoms with van der Waals surface area (Å²) in [6.45, 7) is 1.80. The molecular weight excluding hydrogens is 218 g/mol. The van der Waals surface area contributed by atoms with Gasteiger partial charge in [0.1, 0.15) is 6.04 Å². The fourth-order valence-corrected chi connectivity index (χ4v) is 1.32. The predicted octanol–water partition coefficient (Wildman–Crippen LogP) is 1.84. The molecule has 90 valence electrons. The Hall–Kier alpha value is -2.10. The molecule has 0 bridgehead atoms. The minimum atomic E-state index is -1.03. The third kappa shape index (κ3) is 4.10. The summed E-state index contributed by atoms with van der Waals surface area (Å²) >= 11 is 0. The van der Waals surface area contributed by atoms with E-state index in [1.54, 1.807) is 49.4 Å². The molecule has 0 heterocycles. The van der Waals surface area contributed by atoms with Crippen LogP contribution in [0.4, 0.5) is 0 Å². The molecule has 4 heteroatoms. The number of allylic oxidation sites excluding steroid dienone is 1. The molecule has 0 unspecified atom stereocenters. The smallest absolute Gasteiger partial charge is 0.326 e. The van der Waals surface area contributed by atoms with Gasteiger partial charge < -0.3 is 10.4 Å². The number of hydrogen-bond donors (Lipinski definition) is 2. The van der Waals surface area contributed by atoms with Crippen molar-refractivity contribution in [3.63, 3.8) is 0 Å². The summed E-state index contributed by atoms with van der Waals surface area (Å²) in [7, 11) is 0. The second-order valence-corrected chi connectivity index (χ2v) is 3.54. The average Bonchev–Trinajstić information content (AvgIpc) is 2.35. The lowest BCUT2D eigenvalue weighted by Gasteiger charge is -2.12. The molecule has 0 radical (unpaired) electrons. The van der Waals surface area contributed by atoms with Gasteiger partial charge in [-0.3, -0.25) is 4.79 Å². The van der Waals surface area contributed by atoms with E-state index in [4.69, 9.17) is 5.11 Å². The maximum absolute atomic E-state index is 11.7. The fraction of sp³-hybridized carbons (Fsp3) is 0.231. The predicted molar refractivity (Wildman–Crippen MR) is 64.8 cm³/mol. The van der Waals surface area contributed by atoms with E-state index in [0.717, 1.165) is 0 Å². The highest BCUT2D eigenvalue weighted by molar-refractivity contribution is 5.96. The van der Waals surface area contributed by atoms with Gasteiger partial charge >= 0.3 is 5.97 Å². The van der Waals surface area contributed by atoms with Crippen LogP contribution >= 0.6 is 0 Å². The fourth-order valence-electron chi connectivity index (χ4n) is 1.32. The van der Waals surface area contributed by atoms with Crippen LogP contribution in [-0.4, -0.2) is 23.0 Å². The van der Waals surface area contributed by atoms with Crippen LogP contribution in [0.1, 0.15) is 23.7 Å². The van der Waals surface area contributed by atoms with Gasteiger partial charge in [-0.2, -0.15) is 0 Å². The largest absolute Gasteiger partial charge is 0.480 e. The van der Waals surface area contributed by atoms with Gasteiger partial charge in [0.15, 0.2) is 0 Å². The summed E-state index contributed by atoms with van der Waals surface area (Å²) in [6, 6.07) is 7.66. The Morgan fingerprint density at radius 2 is 2.00 bits per heavy atom. The normalized spacial score (nSPS) is 12.3. The molecule has 4 nitrogen and oxygen atoms in total. The van der Waals surface area contributed by atoms with E-state index in [1.165, 1.54) is 0 Å². The molecule has 1 amide bonds. The van der Waals surface area contributed by atoms with Crippen molar-refractivity contribution in [1.29, 1.82) is 0 Å². The average molecular weight is 233 g/mol. The first-order valence-electron chi connectivity index (χ1n) is 5.35. The monoisotopic (exact) mass is 233 g/mol. The first kappa shape index (κ1) is 13.0. The van der Waals surface area contributed by atoms with Crippen molar-refractivity contribution < 1.29 is 14.7 Å². The number of nitrogens with one attached hydrogen (secondary N) is 1. The molecule has 1 atom stereocenters. The zero-order chi connectivity index (χ0) is 12.7. The lowest BCUT2D eigenvalue weighted by atomic mass is 10.1. The lowest BCUT2D eigenvalue weighted by molar-refractivity contribution is -0.139. The van der Waals surface area contributed by atoms with Gasteiger partial charge in [0.05, 0.1) is 0 Å². The molecule has 1 aromatic carbocycles. The Balaban J connectivity index is 2.68. The molecule has 17 heavy (non-hydrogen) atoms. The molecular formula is C13H15NO3. The summed E-state index contributed by atoms with van der Waals surface area (Å²) in [6.07, 6.45) is 3.75. The number of carbonyl (C=O) groups is 2. The SMILES string of the molecule is C/C=C/C[C@H](NC(=O)c1ccccc1)C(=O)O. The van der Waals surface area contributed by atoms with Crippen LogP contribution in [0.15, 0.2) is 42.5 Å². The molecule has 1 rings (SSSR count). The van der Waals surface area contributed by atoms with Crippen LogP contribution in [0.3, 0.4) is 0 Å². The van der Waals surface area contributed by atoms with Gasteiger partial charge in [0.2, 0.25) is 0 Å². The molecule has 0 spiro atoms. The Morgan fingerprint density at radius 3 is 2.53 bits per heavy atom. The third-order valence-corrected chi connectivity index (χ3v) is 2.25. The maximum atomic E-state index is 11.7. The number of benzene rings is 1. The molecule has 0 aromatic heterocycles. The van der Waals surface area contributed by atoms with Crippen molar-refractivity contribution in [3.8, 4) is 0 Å². The zero-order valence-electron chi connectivity index (χ0n) is 9.59. The van der Waals surface area contributed by atoms with Crippen molar-refractivity contribution in [3.05, 3.63) is 48.0 Å². The van der Waals surface area contributed by atoms with E-state index >= 15 is 0 Å². The number of hydrogen-bond acceptors (Lipinski definition) is 2. The lowest BCUT2D eigenvalue weighted by Crippen LogP contribution is -2.40. The topological polar surface area (TPSA) is 66.4 Å². The number of carboxylic acid groups (broad SMARTS) is 1. The first-order valence-corrected chi connectivity index (χ1v) is 5.35. The van der Waals surface area contributed by atoms with Crippen molar-refractivity contribution in [2.24, 2.45) is 0 Å². The van der Waals surface area contributed by atoms with Crippen LogP contribution < -0.4 is 5.32 Å². The Kier molecular flexibility index (Phi) is 4.94. The summed E-state index contributed by atoms with van der Waals surface area (Å²) in [5.74, 6) is -1.41. The Morgan fingerprint density at radius 1 is 1.35 bits per heavy atom. The van der Waals surface area contributed by atoms with Gasteiger partial charge in [-0.25, -0.2) is 4.79 Å². The second kappa shape index (κ2) is 6.48. The number of rotatable bonds is 5. The zero-order valence-corrected chi connectivity index (χ0v) is 9.59. The molecule has 0 aliphatic heterocycles. The standard InChI is InChI=1S/C13H15NO3/c1-2-3-9-11(13(16)17)14-12(15)10-7-5-4-6-8-10/h2-8,11H,9H2,1H3,(H,14,15)(H,16,17)/b3-2+/t11-/m0/s1. The minimum Gasteiger partial charge on any atom is -0.480 e. The highest BCUT2D eigenvalue weighted by Crippen LogP contribution is 2.01. The molecule has 0 saturated carbocycles. The van der Waals surface area contributed by atoms with Gasteiger partial charge in [-0.05, 0) is 25.5 Å². The van der Waals surface area contributed by atoms with Crippen molar-refractivity contribution >= 4 is 11.9 Å². The van der Waals surface area contributed by atoms with Crippen molar-refractivity contribution in [2.75, 3.05) is 0 Å². The number of aliphatic carboxylic acids is 1. The van der Waals surface area contributed by atoms with Crippen LogP contribution in [0, 0.1) is 0 Å². The summed E-state index contributed by atoms with van der Waals surface area (Å²) in [5, 5.41) is 11.4. The summed E-state index contributed by atoms with van der Waals surface area (Å²) in [4.78, 5) is 22.6. The number of carboxylic acids is 1. The highest BCUT2D eigenvalue weighted by Gasteiger charge is 2.18.